The summed E-state index contributed by atoms with van der Waals surface area (Å²) in [7, 11) is 1.70. The van der Waals surface area contributed by atoms with Crippen LogP contribution in [0.25, 0.3) is 5.65 Å². The summed E-state index contributed by atoms with van der Waals surface area (Å²) in [4.78, 5) is 0. The van der Waals surface area contributed by atoms with Crippen molar-refractivity contribution in [1.29, 1.82) is 0 Å². The number of ether oxygens (including phenoxy) is 1. The van der Waals surface area contributed by atoms with Crippen molar-refractivity contribution in [2.45, 2.75) is 39.7 Å². The molecule has 0 spiro atoms. The van der Waals surface area contributed by atoms with E-state index in [1.54, 1.807) is 7.11 Å². The zero-order valence-electron chi connectivity index (χ0n) is 11.3. The lowest BCUT2D eigenvalue weighted by atomic mass is 10.1. The Balaban J connectivity index is 2.72. The van der Waals surface area contributed by atoms with Gasteiger partial charge in [-0.15, -0.1) is 0 Å². The van der Waals surface area contributed by atoms with Crippen LogP contribution in [0.4, 0.5) is 0 Å². The molecule has 2 heterocycles. The zero-order chi connectivity index (χ0) is 12.6. The molecule has 92 valence electrons. The summed E-state index contributed by atoms with van der Waals surface area (Å²) < 4.78 is 9.82. The first-order valence-electron chi connectivity index (χ1n) is 6.14. The van der Waals surface area contributed by atoms with E-state index in [2.05, 4.69) is 55.1 Å². The normalized spacial score (nSPS) is 11.7. The van der Waals surface area contributed by atoms with Crippen LogP contribution in [0.3, 0.4) is 0 Å². The van der Waals surface area contributed by atoms with Crippen molar-refractivity contribution in [3.05, 3.63) is 30.2 Å². The Morgan fingerprint density at radius 3 is 2.41 bits per heavy atom. The van der Waals surface area contributed by atoms with E-state index in [1.165, 1.54) is 11.3 Å². The first kappa shape index (κ1) is 12.0. The van der Waals surface area contributed by atoms with E-state index < -0.39 is 0 Å². The molecule has 0 radical (unpaired) electrons. The molecule has 0 saturated carbocycles. The molecule has 2 rings (SSSR count). The maximum atomic E-state index is 5.30. The summed E-state index contributed by atoms with van der Waals surface area (Å²) >= 11 is 0. The quantitative estimate of drug-likeness (QED) is 0.745. The van der Waals surface area contributed by atoms with Crippen LogP contribution in [0.15, 0.2) is 24.5 Å². The van der Waals surface area contributed by atoms with Crippen molar-refractivity contribution in [3.63, 3.8) is 0 Å². The highest BCUT2D eigenvalue weighted by Crippen LogP contribution is 2.20. The second-order valence-electron chi connectivity index (χ2n) is 5.01. The van der Waals surface area contributed by atoms with Crippen LogP contribution in [0.5, 0.6) is 5.75 Å². The molecule has 0 aromatic carbocycles. The molecule has 0 N–H and O–H groups in total. The van der Waals surface area contributed by atoms with E-state index in [4.69, 9.17) is 4.74 Å². The monoisotopic (exact) mass is 233 g/mol. The minimum Gasteiger partial charge on any atom is -0.493 e. The smallest absolute Gasteiger partial charge is 0.286 e. The van der Waals surface area contributed by atoms with Gasteiger partial charge in [0.1, 0.15) is 12.4 Å². The number of nitrogens with zero attached hydrogens (tertiary/aromatic N) is 2. The Morgan fingerprint density at radius 2 is 1.88 bits per heavy atom. The molecule has 0 aliphatic carbocycles. The van der Waals surface area contributed by atoms with Gasteiger partial charge in [-0.1, -0.05) is 13.8 Å². The number of rotatable bonds is 3. The Kier molecular flexibility index (Phi) is 3.09. The molecule has 0 bridgehead atoms. The van der Waals surface area contributed by atoms with Crippen LogP contribution in [0.2, 0.25) is 0 Å². The lowest BCUT2D eigenvalue weighted by Gasteiger charge is -2.01. The fraction of sp³-hybridized carbons (Fsp3) is 0.500. The largest absolute Gasteiger partial charge is 0.493 e. The van der Waals surface area contributed by atoms with E-state index in [-0.39, 0.29) is 0 Å². The van der Waals surface area contributed by atoms with Gasteiger partial charge >= 0.3 is 0 Å². The first-order chi connectivity index (χ1) is 8.04. The number of hydrogen-bond donors (Lipinski definition) is 0. The molecular weight excluding hydrogens is 212 g/mol. The lowest BCUT2D eigenvalue weighted by Crippen LogP contribution is -2.34. The third-order valence-electron chi connectivity index (χ3n) is 3.10. The molecule has 2 aromatic rings. The minimum atomic E-state index is 0.464. The van der Waals surface area contributed by atoms with Gasteiger partial charge in [0.25, 0.3) is 5.65 Å². The maximum Gasteiger partial charge on any atom is 0.286 e. The molecule has 0 aliphatic rings. The van der Waals surface area contributed by atoms with E-state index in [1.807, 2.05) is 6.07 Å². The van der Waals surface area contributed by atoms with Gasteiger partial charge in [-0.25, -0.2) is 4.57 Å². The van der Waals surface area contributed by atoms with Crippen LogP contribution < -0.4 is 9.30 Å². The van der Waals surface area contributed by atoms with Gasteiger partial charge in [-0.05, 0) is 19.9 Å². The predicted molar refractivity (Wildman–Crippen MR) is 68.6 cm³/mol. The highest BCUT2D eigenvalue weighted by Gasteiger charge is 2.21. The molecule has 0 amide bonds. The summed E-state index contributed by atoms with van der Waals surface area (Å²) in [6.07, 6.45) is 4.30. The third kappa shape index (κ3) is 2.02. The number of hydrogen-bond acceptors (Lipinski definition) is 1. The van der Waals surface area contributed by atoms with Gasteiger partial charge in [0.2, 0.25) is 0 Å². The van der Waals surface area contributed by atoms with Gasteiger partial charge in [-0.3, -0.25) is 0 Å². The third-order valence-corrected chi connectivity index (χ3v) is 3.10. The second-order valence-corrected chi connectivity index (χ2v) is 5.01. The molecule has 3 nitrogen and oxygen atoms in total. The summed E-state index contributed by atoms with van der Waals surface area (Å²) in [5.74, 6) is 1.39. The molecular formula is C14H21N2O+. The van der Waals surface area contributed by atoms with Crippen LogP contribution in [-0.2, 0) is 0 Å². The molecule has 0 atom stereocenters. The number of methoxy groups -OCH3 is 1. The van der Waals surface area contributed by atoms with Crippen molar-refractivity contribution in [2.75, 3.05) is 7.11 Å². The van der Waals surface area contributed by atoms with Gasteiger partial charge in [0, 0.05) is 12.0 Å². The SMILES string of the molecule is COc1ccc2n(c1)c(C(C)C)c[n+]2C(C)C. The number of pyridine rings is 1. The summed E-state index contributed by atoms with van der Waals surface area (Å²) in [6, 6.07) is 4.59. The summed E-state index contributed by atoms with van der Waals surface area (Å²) in [6.45, 7) is 8.83. The lowest BCUT2D eigenvalue weighted by molar-refractivity contribution is -0.691. The van der Waals surface area contributed by atoms with Gasteiger partial charge < -0.3 is 4.74 Å². The molecule has 17 heavy (non-hydrogen) atoms. The van der Waals surface area contributed by atoms with Crippen molar-refractivity contribution < 1.29 is 9.30 Å². The fourth-order valence-electron chi connectivity index (χ4n) is 2.12. The van der Waals surface area contributed by atoms with Crippen LogP contribution in [-0.4, -0.2) is 11.5 Å². The summed E-state index contributed by atoms with van der Waals surface area (Å²) in [5, 5.41) is 0. The topological polar surface area (TPSA) is 17.5 Å². The zero-order valence-corrected chi connectivity index (χ0v) is 11.3. The minimum absolute atomic E-state index is 0.464. The highest BCUT2D eigenvalue weighted by molar-refractivity contribution is 5.39. The average Bonchev–Trinajstić information content (AvgIpc) is 2.67. The van der Waals surface area contributed by atoms with Crippen LogP contribution >= 0.6 is 0 Å². The maximum absolute atomic E-state index is 5.30. The highest BCUT2D eigenvalue weighted by atomic mass is 16.5. The van der Waals surface area contributed by atoms with Crippen molar-refractivity contribution in [3.8, 4) is 5.75 Å². The molecule has 2 aromatic heterocycles. The first-order valence-corrected chi connectivity index (χ1v) is 6.14. The molecule has 0 unspecified atom stereocenters. The fourth-order valence-corrected chi connectivity index (χ4v) is 2.12. The van der Waals surface area contributed by atoms with Crippen LogP contribution in [0.1, 0.15) is 45.3 Å². The standard InChI is InChI=1S/C14H21N2O/c1-10(2)13-9-15(11(3)4)14-7-6-12(17-5)8-16(13)14/h6-11H,1-5H3/q+1. The molecule has 0 fully saturated rings. The molecule has 0 aliphatic heterocycles. The van der Waals surface area contributed by atoms with Crippen LogP contribution in [0, 0.1) is 0 Å². The Labute approximate surface area is 103 Å². The van der Waals surface area contributed by atoms with Gasteiger partial charge in [0.05, 0.1) is 13.2 Å². The Bertz CT molecular complexity index is 526. The summed E-state index contributed by atoms with van der Waals surface area (Å²) in [5.41, 5.74) is 2.53. The Hall–Kier alpha value is -1.51. The second kappa shape index (κ2) is 4.40. The number of aromatic nitrogens is 2. The van der Waals surface area contributed by atoms with Gasteiger partial charge in [-0.2, -0.15) is 4.40 Å². The number of fused-ring (bicyclic) bond motifs is 1. The van der Waals surface area contributed by atoms with Crippen molar-refractivity contribution in [1.82, 2.24) is 4.40 Å². The molecule has 3 heteroatoms. The Morgan fingerprint density at radius 1 is 1.18 bits per heavy atom. The van der Waals surface area contributed by atoms with E-state index >= 15 is 0 Å². The van der Waals surface area contributed by atoms with E-state index in [9.17, 15) is 0 Å². The van der Waals surface area contributed by atoms with E-state index in [0.717, 1.165) is 5.75 Å². The van der Waals surface area contributed by atoms with Gasteiger partial charge in [0.15, 0.2) is 11.4 Å². The average molecular weight is 233 g/mol. The molecule has 0 saturated heterocycles. The van der Waals surface area contributed by atoms with E-state index in [0.29, 0.717) is 12.0 Å². The van der Waals surface area contributed by atoms with Crippen molar-refractivity contribution >= 4 is 5.65 Å². The van der Waals surface area contributed by atoms with Crippen molar-refractivity contribution in [2.24, 2.45) is 0 Å². The predicted octanol–water partition coefficient (Wildman–Crippen LogP) is 2.94. The number of imidazole rings is 1.